The lowest BCUT2D eigenvalue weighted by Crippen LogP contribution is -2.60. The molecule has 9 nitrogen and oxygen atoms in total. The Bertz CT molecular complexity index is 1380. The molecular formula is C42H68N2O7. The number of aliphatic hydroxyl groups is 1. The number of fused-ring (bicyclic) bond motifs is 4. The zero-order chi connectivity index (χ0) is 36.5. The molecule has 3 aliphatic heterocycles. The highest BCUT2D eigenvalue weighted by Crippen LogP contribution is 2.89. The number of ether oxygens (including phenoxy) is 4. The van der Waals surface area contributed by atoms with E-state index < -0.39 is 6.10 Å². The van der Waals surface area contributed by atoms with Gasteiger partial charge in [0.2, 0.25) is 5.91 Å². The molecule has 0 bridgehead atoms. The molecule has 0 aromatic carbocycles. The maximum Gasteiger partial charge on any atom is 0.410 e. The molecule has 1 N–H and O–H groups in total. The first-order valence-corrected chi connectivity index (χ1v) is 20.9. The molecule has 51 heavy (non-hydrogen) atoms. The molecule has 3 saturated heterocycles. The molecule has 0 unspecified atom stereocenters. The number of amides is 2. The fourth-order valence-corrected chi connectivity index (χ4v) is 14.5. The van der Waals surface area contributed by atoms with Gasteiger partial charge in [0, 0.05) is 31.0 Å². The van der Waals surface area contributed by atoms with Gasteiger partial charge in [-0.3, -0.25) is 4.79 Å². The predicted molar refractivity (Wildman–Crippen MR) is 193 cm³/mol. The lowest BCUT2D eigenvalue weighted by atomic mass is 9.41. The van der Waals surface area contributed by atoms with Crippen molar-refractivity contribution in [1.82, 2.24) is 9.80 Å². The van der Waals surface area contributed by atoms with Crippen LogP contribution in [0.15, 0.2) is 0 Å². The van der Waals surface area contributed by atoms with Crippen LogP contribution in [0.1, 0.15) is 120 Å². The van der Waals surface area contributed by atoms with Gasteiger partial charge in [-0.1, -0.05) is 62.3 Å². The summed E-state index contributed by atoms with van der Waals surface area (Å²) in [6.45, 7) is 23.6. The van der Waals surface area contributed by atoms with E-state index in [9.17, 15) is 14.7 Å². The molecule has 3 heterocycles. The highest BCUT2D eigenvalue weighted by atomic mass is 16.7. The highest BCUT2D eigenvalue weighted by Gasteiger charge is 2.84. The predicted octanol–water partition coefficient (Wildman–Crippen LogP) is 6.89. The minimum atomic E-state index is -0.541. The normalized spacial score (nSPS) is 48.8. The lowest BCUT2D eigenvalue weighted by molar-refractivity contribution is -0.248. The number of hydrogen-bond acceptors (Lipinski definition) is 7. The number of carbonyl (C=O) groups excluding carboxylic acids is 2. The number of morpholine rings is 1. The van der Waals surface area contributed by atoms with Crippen LogP contribution < -0.4 is 0 Å². The van der Waals surface area contributed by atoms with Gasteiger partial charge < -0.3 is 33.9 Å². The fourth-order valence-electron chi connectivity index (χ4n) is 14.5. The monoisotopic (exact) mass is 713 g/mol. The van der Waals surface area contributed by atoms with Crippen LogP contribution in [-0.4, -0.2) is 96.5 Å². The van der Waals surface area contributed by atoms with E-state index in [-0.39, 0.29) is 82.1 Å². The standard InChI is InChI=1S/C42H68N2O7/c1-24(2)33(51-37(47)43-17-10-18-43)27-21-26(5)32-34(49-27)35(45)40(9)29-12-11-28-38(6,7)30(50-31-22-44(19-20-48-31)36(46)25(3)4)13-14-41(28)23-42(29,41)16-15-39(32,40)8/h24-35,45H,10-23H2,1-9H3/t26-,27-,28+,29+,30+,31+,32+,33-,34+,35+,39-,40-,41-,42+/m1/s1. The van der Waals surface area contributed by atoms with Crippen molar-refractivity contribution in [1.29, 1.82) is 0 Å². The molecule has 8 aliphatic rings. The van der Waals surface area contributed by atoms with Crippen molar-refractivity contribution in [2.75, 3.05) is 32.8 Å². The second-order valence-electron chi connectivity index (χ2n) is 20.4. The first kappa shape index (κ1) is 36.6. The van der Waals surface area contributed by atoms with Gasteiger partial charge >= 0.3 is 6.09 Å². The van der Waals surface area contributed by atoms with Crippen LogP contribution >= 0.6 is 0 Å². The molecule has 8 rings (SSSR count). The molecule has 14 atom stereocenters. The first-order chi connectivity index (χ1) is 24.0. The number of carbonyl (C=O) groups is 2. The Kier molecular flexibility index (Phi) is 8.81. The zero-order valence-corrected chi connectivity index (χ0v) is 33.1. The van der Waals surface area contributed by atoms with Crippen LogP contribution in [0, 0.1) is 62.6 Å². The van der Waals surface area contributed by atoms with E-state index in [1.165, 1.54) is 19.3 Å². The number of nitrogens with zero attached hydrogens (tertiary/aromatic N) is 2. The maximum atomic E-state index is 13.0. The topological polar surface area (TPSA) is 97.8 Å². The number of rotatable bonds is 6. The number of likely N-dealkylation sites (tertiary alicyclic amines) is 1. The van der Waals surface area contributed by atoms with Gasteiger partial charge in [0.15, 0.2) is 6.29 Å². The first-order valence-electron chi connectivity index (χ1n) is 20.9. The van der Waals surface area contributed by atoms with Crippen LogP contribution in [0.25, 0.3) is 0 Å². The largest absolute Gasteiger partial charge is 0.443 e. The quantitative estimate of drug-likeness (QED) is 0.320. The summed E-state index contributed by atoms with van der Waals surface area (Å²) in [6, 6.07) is 0. The molecule has 0 aromatic heterocycles. The maximum absolute atomic E-state index is 13.0. The van der Waals surface area contributed by atoms with Crippen LogP contribution in [-0.2, 0) is 23.7 Å². The van der Waals surface area contributed by atoms with Crippen LogP contribution in [0.5, 0.6) is 0 Å². The van der Waals surface area contributed by atoms with Crippen molar-refractivity contribution in [3.63, 3.8) is 0 Å². The Labute approximate surface area is 307 Å². The molecule has 5 saturated carbocycles. The fraction of sp³-hybridized carbons (Fsp3) is 0.952. The summed E-state index contributed by atoms with van der Waals surface area (Å²) in [5.41, 5.74) is 0.308. The van der Waals surface area contributed by atoms with E-state index in [1.54, 1.807) is 4.90 Å². The summed E-state index contributed by atoms with van der Waals surface area (Å²) in [5.74, 6) is 1.98. The highest BCUT2D eigenvalue weighted by molar-refractivity contribution is 5.78. The van der Waals surface area contributed by atoms with E-state index in [0.29, 0.717) is 42.9 Å². The van der Waals surface area contributed by atoms with Gasteiger partial charge in [-0.25, -0.2) is 4.79 Å². The average molecular weight is 713 g/mol. The van der Waals surface area contributed by atoms with Crippen molar-refractivity contribution in [2.45, 2.75) is 157 Å². The summed E-state index contributed by atoms with van der Waals surface area (Å²) in [5, 5.41) is 12.7. The van der Waals surface area contributed by atoms with Gasteiger partial charge in [0.1, 0.15) is 6.10 Å². The van der Waals surface area contributed by atoms with Gasteiger partial charge in [-0.2, -0.15) is 0 Å². The molecule has 0 aromatic rings. The molecule has 0 radical (unpaired) electrons. The van der Waals surface area contributed by atoms with Gasteiger partial charge in [0.25, 0.3) is 0 Å². The van der Waals surface area contributed by atoms with Crippen LogP contribution in [0.3, 0.4) is 0 Å². The number of hydrogen-bond donors (Lipinski definition) is 1. The third-order valence-corrected chi connectivity index (χ3v) is 17.3. The molecule has 288 valence electrons. The van der Waals surface area contributed by atoms with Crippen molar-refractivity contribution in [2.24, 2.45) is 62.6 Å². The molecule has 5 aliphatic carbocycles. The molecule has 2 amide bonds. The Morgan fingerprint density at radius 2 is 1.61 bits per heavy atom. The summed E-state index contributed by atoms with van der Waals surface area (Å²) in [6.07, 6.45) is 8.28. The van der Waals surface area contributed by atoms with Crippen molar-refractivity contribution >= 4 is 12.0 Å². The Hall–Kier alpha value is -1.42. The van der Waals surface area contributed by atoms with Crippen LogP contribution in [0.4, 0.5) is 4.79 Å². The number of aliphatic hydroxyl groups excluding tert-OH is 1. The minimum absolute atomic E-state index is 0.00541. The zero-order valence-electron chi connectivity index (χ0n) is 33.1. The van der Waals surface area contributed by atoms with E-state index in [4.69, 9.17) is 18.9 Å². The summed E-state index contributed by atoms with van der Waals surface area (Å²) >= 11 is 0. The van der Waals surface area contributed by atoms with Crippen molar-refractivity contribution in [3.8, 4) is 0 Å². The smallest absolute Gasteiger partial charge is 0.410 e. The van der Waals surface area contributed by atoms with Gasteiger partial charge in [0.05, 0.1) is 37.6 Å². The molecule has 9 heteroatoms. The summed E-state index contributed by atoms with van der Waals surface area (Å²) < 4.78 is 26.2. The Morgan fingerprint density at radius 1 is 0.902 bits per heavy atom. The Balaban J connectivity index is 1.01. The van der Waals surface area contributed by atoms with E-state index in [0.717, 1.165) is 51.6 Å². The van der Waals surface area contributed by atoms with Crippen molar-refractivity contribution in [3.05, 3.63) is 0 Å². The lowest BCUT2D eigenvalue weighted by Gasteiger charge is -2.64. The molecular weight excluding hydrogens is 644 g/mol. The second kappa shape index (κ2) is 12.3. The van der Waals surface area contributed by atoms with Gasteiger partial charge in [-0.05, 0) is 109 Å². The van der Waals surface area contributed by atoms with E-state index in [1.807, 2.05) is 18.7 Å². The third kappa shape index (κ3) is 5.04. The van der Waals surface area contributed by atoms with Crippen LogP contribution in [0.2, 0.25) is 0 Å². The second-order valence-corrected chi connectivity index (χ2v) is 20.4. The van der Waals surface area contributed by atoms with Gasteiger partial charge in [-0.15, -0.1) is 0 Å². The minimum Gasteiger partial charge on any atom is -0.443 e. The molecule has 2 spiro atoms. The average Bonchev–Trinajstić information content (AvgIpc) is 3.68. The third-order valence-electron chi connectivity index (χ3n) is 17.3. The van der Waals surface area contributed by atoms with E-state index >= 15 is 0 Å². The van der Waals surface area contributed by atoms with E-state index in [2.05, 4.69) is 48.5 Å². The Morgan fingerprint density at radius 3 is 2.27 bits per heavy atom. The summed E-state index contributed by atoms with van der Waals surface area (Å²) in [4.78, 5) is 29.5. The molecule has 8 fully saturated rings. The van der Waals surface area contributed by atoms with Crippen molar-refractivity contribution < 1.29 is 33.6 Å². The summed E-state index contributed by atoms with van der Waals surface area (Å²) in [7, 11) is 0. The SMILES string of the molecule is CC(C)C(=O)N1CCO[C@@H](O[C@H]2CC[C@]34C[C@]35CC[C@]3(C)[C@@H]6[C@H](O[C@@H]([C@H](OC(=O)N7CCC7)C(C)C)C[C@H]6C)[C@H](O)[C@@]3(C)[C@@H]5CC[C@H]4C2(C)C)C1.